The number of hydrogen-bond donors (Lipinski definition) is 1. The van der Waals surface area contributed by atoms with E-state index in [-0.39, 0.29) is 11.6 Å². The molecule has 166 valence electrons. The Labute approximate surface area is 185 Å². The first-order valence-electron chi connectivity index (χ1n) is 10.5. The summed E-state index contributed by atoms with van der Waals surface area (Å²) in [7, 11) is 0. The summed E-state index contributed by atoms with van der Waals surface area (Å²) in [6.07, 6.45) is -4.46. The summed E-state index contributed by atoms with van der Waals surface area (Å²) >= 11 is 0. The lowest BCUT2D eigenvalue weighted by atomic mass is 10.0. The molecule has 7 heteroatoms. The Morgan fingerprint density at radius 1 is 0.812 bits per heavy atom. The fourth-order valence-corrected chi connectivity index (χ4v) is 4.02. The Morgan fingerprint density at radius 3 is 2.06 bits per heavy atom. The Morgan fingerprint density at radius 2 is 1.44 bits per heavy atom. The molecule has 1 N–H and O–H groups in total. The van der Waals surface area contributed by atoms with E-state index in [0.717, 1.165) is 36.5 Å². The Hall–Kier alpha value is -3.32. The molecule has 0 aromatic heterocycles. The lowest BCUT2D eigenvalue weighted by Crippen LogP contribution is -2.50. The van der Waals surface area contributed by atoms with Crippen molar-refractivity contribution in [2.24, 2.45) is 0 Å². The van der Waals surface area contributed by atoms with E-state index in [1.807, 2.05) is 48.5 Å². The van der Waals surface area contributed by atoms with Gasteiger partial charge in [0.1, 0.15) is 6.04 Å². The quantitative estimate of drug-likeness (QED) is 0.593. The van der Waals surface area contributed by atoms with Gasteiger partial charge in [0.2, 0.25) is 5.91 Å². The highest BCUT2D eigenvalue weighted by molar-refractivity contribution is 5.95. The van der Waals surface area contributed by atoms with Gasteiger partial charge < -0.3 is 10.2 Å². The summed E-state index contributed by atoms with van der Waals surface area (Å²) in [4.78, 5) is 17.6. The number of anilines is 2. The van der Waals surface area contributed by atoms with Gasteiger partial charge in [0, 0.05) is 37.6 Å². The van der Waals surface area contributed by atoms with Crippen LogP contribution in [0.15, 0.2) is 84.9 Å². The smallest absolute Gasteiger partial charge is 0.369 e. The predicted molar refractivity (Wildman–Crippen MR) is 119 cm³/mol. The maximum absolute atomic E-state index is 13.3. The first kappa shape index (κ1) is 21.9. The third-order valence-corrected chi connectivity index (χ3v) is 5.62. The van der Waals surface area contributed by atoms with Crippen molar-refractivity contribution in [3.8, 4) is 0 Å². The molecule has 1 aliphatic rings. The van der Waals surface area contributed by atoms with E-state index in [0.29, 0.717) is 13.1 Å². The van der Waals surface area contributed by atoms with Crippen molar-refractivity contribution in [1.82, 2.24) is 4.90 Å². The van der Waals surface area contributed by atoms with Crippen LogP contribution >= 0.6 is 0 Å². The minimum absolute atomic E-state index is 0.133. The molecule has 4 nitrogen and oxygen atoms in total. The van der Waals surface area contributed by atoms with Crippen LogP contribution in [-0.2, 0) is 11.0 Å². The van der Waals surface area contributed by atoms with E-state index in [1.165, 1.54) is 12.1 Å². The molecule has 1 unspecified atom stereocenters. The maximum Gasteiger partial charge on any atom is 0.416 e. The van der Waals surface area contributed by atoms with Gasteiger partial charge in [-0.05, 0) is 35.9 Å². The summed E-state index contributed by atoms with van der Waals surface area (Å²) in [6.45, 7) is 2.82. The number of hydrogen-bond acceptors (Lipinski definition) is 3. The zero-order chi connectivity index (χ0) is 22.6. The number of nitrogens with zero attached hydrogens (tertiary/aromatic N) is 2. The SMILES string of the molecule is O=C(Nc1cccc(C(F)(F)F)c1)C(c1ccccc1)N1CCN(c2ccccc2)CC1. The van der Waals surface area contributed by atoms with Gasteiger partial charge in [-0.3, -0.25) is 9.69 Å². The zero-order valence-electron chi connectivity index (χ0n) is 17.4. The van der Waals surface area contributed by atoms with Crippen LogP contribution in [0.5, 0.6) is 0 Å². The third-order valence-electron chi connectivity index (χ3n) is 5.62. The molecule has 3 aromatic rings. The third kappa shape index (κ3) is 5.11. The summed E-state index contributed by atoms with van der Waals surface area (Å²) in [5.74, 6) is -0.344. The Kier molecular flexibility index (Phi) is 6.46. The first-order chi connectivity index (χ1) is 15.4. The Bertz CT molecular complexity index is 1030. The van der Waals surface area contributed by atoms with Crippen molar-refractivity contribution in [2.45, 2.75) is 12.2 Å². The van der Waals surface area contributed by atoms with Gasteiger partial charge in [-0.2, -0.15) is 13.2 Å². The summed E-state index contributed by atoms with van der Waals surface area (Å²) in [6, 6.07) is 23.6. The molecule has 0 spiro atoms. The molecule has 1 atom stereocenters. The van der Waals surface area contributed by atoms with Crippen LogP contribution in [0.3, 0.4) is 0 Å². The minimum atomic E-state index is -4.46. The topological polar surface area (TPSA) is 35.6 Å². The fourth-order valence-electron chi connectivity index (χ4n) is 4.02. The van der Waals surface area contributed by atoms with Crippen LogP contribution in [0.25, 0.3) is 0 Å². The molecular weight excluding hydrogens is 415 g/mol. The molecular formula is C25H24F3N3O. The van der Waals surface area contributed by atoms with E-state index in [1.54, 1.807) is 0 Å². The number of nitrogens with one attached hydrogen (secondary N) is 1. The van der Waals surface area contributed by atoms with Gasteiger partial charge in [0.25, 0.3) is 0 Å². The number of amides is 1. The average molecular weight is 439 g/mol. The number of benzene rings is 3. The summed E-state index contributed by atoms with van der Waals surface area (Å²) in [5, 5.41) is 2.70. The van der Waals surface area contributed by atoms with Crippen LogP contribution < -0.4 is 10.2 Å². The summed E-state index contributed by atoms with van der Waals surface area (Å²) in [5.41, 5.74) is 1.29. The molecule has 0 aliphatic carbocycles. The highest BCUT2D eigenvalue weighted by Crippen LogP contribution is 2.31. The molecule has 1 aliphatic heterocycles. The van der Waals surface area contributed by atoms with Crippen molar-refractivity contribution >= 4 is 17.3 Å². The number of para-hydroxylation sites is 1. The number of carbonyl (C=O) groups excluding carboxylic acids is 1. The second-order valence-corrected chi connectivity index (χ2v) is 7.74. The van der Waals surface area contributed by atoms with Crippen molar-refractivity contribution in [1.29, 1.82) is 0 Å². The standard InChI is InChI=1S/C25H24F3N3O/c26-25(27,28)20-10-7-11-21(18-20)29-24(32)23(19-8-3-1-4-9-19)31-16-14-30(15-17-31)22-12-5-2-6-13-22/h1-13,18,23H,14-17H2,(H,29,32). The van der Waals surface area contributed by atoms with E-state index < -0.39 is 17.8 Å². The number of alkyl halides is 3. The van der Waals surface area contributed by atoms with Gasteiger partial charge >= 0.3 is 6.18 Å². The zero-order valence-corrected chi connectivity index (χ0v) is 17.4. The maximum atomic E-state index is 13.3. The predicted octanol–water partition coefficient (Wildman–Crippen LogP) is 5.21. The monoisotopic (exact) mass is 439 g/mol. The molecule has 4 rings (SSSR count). The van der Waals surface area contributed by atoms with Gasteiger partial charge in [-0.15, -0.1) is 0 Å². The van der Waals surface area contributed by atoms with Crippen LogP contribution in [0.4, 0.5) is 24.5 Å². The van der Waals surface area contributed by atoms with Crippen molar-refractivity contribution < 1.29 is 18.0 Å². The van der Waals surface area contributed by atoms with Crippen LogP contribution in [0.2, 0.25) is 0 Å². The molecule has 0 radical (unpaired) electrons. The van der Waals surface area contributed by atoms with Crippen molar-refractivity contribution in [2.75, 3.05) is 36.4 Å². The van der Waals surface area contributed by atoms with E-state index in [2.05, 4.69) is 27.2 Å². The molecule has 3 aromatic carbocycles. The first-order valence-corrected chi connectivity index (χ1v) is 10.5. The Balaban J connectivity index is 1.52. The molecule has 1 fully saturated rings. The van der Waals surface area contributed by atoms with E-state index in [9.17, 15) is 18.0 Å². The molecule has 1 heterocycles. The van der Waals surface area contributed by atoms with Gasteiger partial charge in [0.05, 0.1) is 5.56 Å². The summed E-state index contributed by atoms with van der Waals surface area (Å²) < 4.78 is 39.2. The fraction of sp³-hybridized carbons (Fsp3) is 0.240. The lowest BCUT2D eigenvalue weighted by molar-refractivity contribution is -0.137. The number of rotatable bonds is 5. The highest BCUT2D eigenvalue weighted by atomic mass is 19.4. The van der Waals surface area contributed by atoms with Gasteiger partial charge in [-0.1, -0.05) is 54.6 Å². The number of carbonyl (C=O) groups is 1. The normalized spacial score (nSPS) is 15.9. The molecule has 32 heavy (non-hydrogen) atoms. The van der Waals surface area contributed by atoms with Crippen molar-refractivity contribution in [3.05, 3.63) is 96.1 Å². The molecule has 0 bridgehead atoms. The minimum Gasteiger partial charge on any atom is -0.369 e. The molecule has 1 saturated heterocycles. The molecule has 0 saturated carbocycles. The van der Waals surface area contributed by atoms with E-state index >= 15 is 0 Å². The van der Waals surface area contributed by atoms with Crippen LogP contribution in [0.1, 0.15) is 17.2 Å². The second kappa shape index (κ2) is 9.44. The number of piperazine rings is 1. The average Bonchev–Trinajstić information content (AvgIpc) is 2.81. The largest absolute Gasteiger partial charge is 0.416 e. The number of halogens is 3. The van der Waals surface area contributed by atoms with Gasteiger partial charge in [0.15, 0.2) is 0 Å². The van der Waals surface area contributed by atoms with Gasteiger partial charge in [-0.25, -0.2) is 0 Å². The highest BCUT2D eigenvalue weighted by Gasteiger charge is 2.32. The molecule has 1 amide bonds. The second-order valence-electron chi connectivity index (χ2n) is 7.74. The van der Waals surface area contributed by atoms with Crippen LogP contribution in [-0.4, -0.2) is 37.0 Å². The van der Waals surface area contributed by atoms with E-state index in [4.69, 9.17) is 0 Å². The van der Waals surface area contributed by atoms with Crippen molar-refractivity contribution in [3.63, 3.8) is 0 Å². The lowest BCUT2D eigenvalue weighted by Gasteiger charge is -2.39. The van der Waals surface area contributed by atoms with Crippen LogP contribution in [0, 0.1) is 0 Å².